The molecule has 0 atom stereocenters. The lowest BCUT2D eigenvalue weighted by Crippen LogP contribution is -2.31. The fourth-order valence-corrected chi connectivity index (χ4v) is 3.94. The molecule has 3 rings (SSSR count). The van der Waals surface area contributed by atoms with Crippen molar-refractivity contribution in [1.82, 2.24) is 14.7 Å². The molecule has 0 saturated heterocycles. The first-order chi connectivity index (χ1) is 12.3. The predicted molar refractivity (Wildman–Crippen MR) is 97.4 cm³/mol. The minimum Gasteiger partial charge on any atom is -0.445 e. The standard InChI is InChI=1S/C16H17Cl2N3O4S/c17-15-13(11-26(18,23)24)19-21-8-4-7-20(9-14(15)21)16(22)25-10-12-5-2-1-3-6-12/h1-3,5-6H,4,7-11H2. The Bertz CT molecular complexity index is 900. The molecule has 2 aromatic rings. The number of aryl methyl sites for hydroxylation is 1. The van der Waals surface area contributed by atoms with Gasteiger partial charge in [-0.3, -0.25) is 4.68 Å². The second kappa shape index (κ2) is 7.85. The molecule has 1 aliphatic heterocycles. The molecule has 140 valence electrons. The highest BCUT2D eigenvalue weighted by Crippen LogP contribution is 2.27. The van der Waals surface area contributed by atoms with Crippen molar-refractivity contribution in [2.45, 2.75) is 31.9 Å². The topological polar surface area (TPSA) is 81.5 Å². The molecule has 1 aromatic carbocycles. The zero-order valence-corrected chi connectivity index (χ0v) is 16.1. The third-order valence-electron chi connectivity index (χ3n) is 3.97. The summed E-state index contributed by atoms with van der Waals surface area (Å²) in [5.41, 5.74) is 1.67. The van der Waals surface area contributed by atoms with Crippen molar-refractivity contribution in [2.75, 3.05) is 6.54 Å². The molecule has 0 saturated carbocycles. The molecule has 7 nitrogen and oxygen atoms in total. The largest absolute Gasteiger partial charge is 0.445 e. The lowest BCUT2D eigenvalue weighted by molar-refractivity contribution is 0.0942. The molecule has 0 aliphatic carbocycles. The van der Waals surface area contributed by atoms with Crippen LogP contribution in [0.4, 0.5) is 4.79 Å². The van der Waals surface area contributed by atoms with Gasteiger partial charge in [0.1, 0.15) is 12.4 Å². The monoisotopic (exact) mass is 417 g/mol. The Kier molecular flexibility index (Phi) is 5.74. The molecule has 0 spiro atoms. The summed E-state index contributed by atoms with van der Waals surface area (Å²) in [6.45, 7) is 1.40. The van der Waals surface area contributed by atoms with Crippen molar-refractivity contribution in [3.8, 4) is 0 Å². The number of rotatable bonds is 4. The highest BCUT2D eigenvalue weighted by Gasteiger charge is 2.26. The van der Waals surface area contributed by atoms with E-state index in [1.807, 2.05) is 30.3 Å². The summed E-state index contributed by atoms with van der Waals surface area (Å²) in [5, 5.41) is 4.44. The summed E-state index contributed by atoms with van der Waals surface area (Å²) >= 11 is 6.28. The Balaban J connectivity index is 1.71. The number of amides is 1. The van der Waals surface area contributed by atoms with E-state index in [4.69, 9.17) is 27.0 Å². The van der Waals surface area contributed by atoms with Crippen molar-refractivity contribution in [1.29, 1.82) is 0 Å². The Morgan fingerprint density at radius 3 is 2.65 bits per heavy atom. The van der Waals surface area contributed by atoms with Crippen LogP contribution in [0.5, 0.6) is 0 Å². The van der Waals surface area contributed by atoms with Gasteiger partial charge in [-0.15, -0.1) is 0 Å². The summed E-state index contributed by atoms with van der Waals surface area (Å²) < 4.78 is 29.6. The van der Waals surface area contributed by atoms with E-state index in [-0.39, 0.29) is 23.9 Å². The Morgan fingerprint density at radius 2 is 1.96 bits per heavy atom. The van der Waals surface area contributed by atoms with Crippen molar-refractivity contribution < 1.29 is 17.9 Å². The maximum Gasteiger partial charge on any atom is 0.410 e. The zero-order chi connectivity index (χ0) is 18.7. The second-order valence-corrected chi connectivity index (χ2v) is 9.08. The van der Waals surface area contributed by atoms with Gasteiger partial charge in [-0.05, 0) is 12.0 Å². The smallest absolute Gasteiger partial charge is 0.410 e. The van der Waals surface area contributed by atoms with Crippen molar-refractivity contribution >= 4 is 37.4 Å². The number of hydrogen-bond acceptors (Lipinski definition) is 5. The van der Waals surface area contributed by atoms with Crippen LogP contribution >= 0.6 is 22.3 Å². The van der Waals surface area contributed by atoms with Crippen LogP contribution in [0, 0.1) is 0 Å². The second-order valence-electron chi connectivity index (χ2n) is 5.93. The van der Waals surface area contributed by atoms with E-state index in [2.05, 4.69) is 5.10 Å². The van der Waals surface area contributed by atoms with Crippen molar-refractivity contribution in [3.05, 3.63) is 52.3 Å². The van der Waals surface area contributed by atoms with Gasteiger partial charge in [0.05, 0.1) is 23.0 Å². The number of ether oxygens (including phenoxy) is 1. The quantitative estimate of drug-likeness (QED) is 0.713. The number of benzene rings is 1. The summed E-state index contributed by atoms with van der Waals surface area (Å²) in [4.78, 5) is 13.9. The molecule has 0 radical (unpaired) electrons. The molecule has 1 aromatic heterocycles. The first-order valence-corrected chi connectivity index (χ1v) is 10.8. The van der Waals surface area contributed by atoms with Gasteiger partial charge in [0.15, 0.2) is 0 Å². The number of halogens is 2. The summed E-state index contributed by atoms with van der Waals surface area (Å²) in [5.74, 6) is -0.453. The molecular weight excluding hydrogens is 401 g/mol. The molecule has 2 heterocycles. The summed E-state index contributed by atoms with van der Waals surface area (Å²) in [6.07, 6.45) is 0.199. The van der Waals surface area contributed by atoms with Crippen LogP contribution in [-0.4, -0.2) is 35.7 Å². The van der Waals surface area contributed by atoms with Crippen LogP contribution in [-0.2, 0) is 39.2 Å². The highest BCUT2D eigenvalue weighted by atomic mass is 35.7. The van der Waals surface area contributed by atoms with E-state index in [0.717, 1.165) is 5.56 Å². The van der Waals surface area contributed by atoms with Crippen molar-refractivity contribution in [3.63, 3.8) is 0 Å². The van der Waals surface area contributed by atoms with E-state index < -0.39 is 20.9 Å². The van der Waals surface area contributed by atoms with E-state index in [0.29, 0.717) is 25.2 Å². The summed E-state index contributed by atoms with van der Waals surface area (Å²) in [6, 6.07) is 9.39. The summed E-state index contributed by atoms with van der Waals surface area (Å²) in [7, 11) is 1.52. The number of carbonyl (C=O) groups is 1. The van der Waals surface area contributed by atoms with Gasteiger partial charge in [0, 0.05) is 23.8 Å². The minimum absolute atomic E-state index is 0.179. The third-order valence-corrected chi connectivity index (χ3v) is 5.35. The molecule has 0 unspecified atom stereocenters. The molecule has 0 N–H and O–H groups in total. The first kappa shape index (κ1) is 19.0. The van der Waals surface area contributed by atoms with Gasteiger partial charge in [0.2, 0.25) is 9.05 Å². The molecule has 0 bridgehead atoms. The normalized spacial score (nSPS) is 14.6. The maximum absolute atomic E-state index is 12.4. The average molecular weight is 418 g/mol. The number of hydrogen-bond donors (Lipinski definition) is 0. The number of aromatic nitrogens is 2. The maximum atomic E-state index is 12.4. The number of carbonyl (C=O) groups excluding carboxylic acids is 1. The third kappa shape index (κ3) is 4.69. The van der Waals surface area contributed by atoms with E-state index in [1.54, 1.807) is 4.68 Å². The molecular formula is C16H17Cl2N3O4S. The van der Waals surface area contributed by atoms with Gasteiger partial charge < -0.3 is 9.64 Å². The fraction of sp³-hybridized carbons (Fsp3) is 0.375. The average Bonchev–Trinajstić information content (AvgIpc) is 2.76. The van der Waals surface area contributed by atoms with Crippen LogP contribution in [0.1, 0.15) is 23.4 Å². The first-order valence-electron chi connectivity index (χ1n) is 7.95. The zero-order valence-electron chi connectivity index (χ0n) is 13.8. The molecule has 10 heteroatoms. The minimum atomic E-state index is -3.77. The predicted octanol–water partition coefficient (Wildman–Crippen LogP) is 3.15. The molecule has 1 aliphatic rings. The Hall–Kier alpha value is -1.77. The van der Waals surface area contributed by atoms with E-state index in [9.17, 15) is 13.2 Å². The lowest BCUT2D eigenvalue weighted by Gasteiger charge is -2.19. The van der Waals surface area contributed by atoms with Crippen LogP contribution < -0.4 is 0 Å². The van der Waals surface area contributed by atoms with Crippen LogP contribution in [0.2, 0.25) is 5.02 Å². The van der Waals surface area contributed by atoms with Crippen LogP contribution in [0.3, 0.4) is 0 Å². The SMILES string of the molecule is O=C(OCc1ccccc1)N1CCCn2nc(CS(=O)(=O)Cl)c(Cl)c2C1. The molecule has 26 heavy (non-hydrogen) atoms. The van der Waals surface area contributed by atoms with Gasteiger partial charge in [-0.2, -0.15) is 5.10 Å². The van der Waals surface area contributed by atoms with Crippen molar-refractivity contribution in [2.24, 2.45) is 0 Å². The van der Waals surface area contributed by atoms with Crippen LogP contribution in [0.15, 0.2) is 30.3 Å². The fourth-order valence-electron chi connectivity index (χ4n) is 2.76. The van der Waals surface area contributed by atoms with Crippen LogP contribution in [0.25, 0.3) is 0 Å². The number of fused-ring (bicyclic) bond motifs is 1. The molecule has 0 fully saturated rings. The number of nitrogens with zero attached hydrogens (tertiary/aromatic N) is 3. The van der Waals surface area contributed by atoms with Gasteiger partial charge in [-0.1, -0.05) is 41.9 Å². The molecule has 1 amide bonds. The Labute approximate surface area is 160 Å². The Morgan fingerprint density at radius 1 is 1.23 bits per heavy atom. The highest BCUT2D eigenvalue weighted by molar-refractivity contribution is 8.13. The van der Waals surface area contributed by atoms with Gasteiger partial charge >= 0.3 is 6.09 Å². The van der Waals surface area contributed by atoms with Gasteiger partial charge in [0.25, 0.3) is 0 Å². The lowest BCUT2D eigenvalue weighted by atomic mass is 10.2. The van der Waals surface area contributed by atoms with E-state index in [1.165, 1.54) is 4.90 Å². The van der Waals surface area contributed by atoms with Gasteiger partial charge in [-0.25, -0.2) is 13.2 Å². The van der Waals surface area contributed by atoms with E-state index >= 15 is 0 Å².